The monoisotopic (exact) mass is 357 g/mol. The summed E-state index contributed by atoms with van der Waals surface area (Å²) in [6.45, 7) is 7.93. The fourth-order valence-corrected chi connectivity index (χ4v) is 2.26. The lowest BCUT2D eigenvalue weighted by atomic mass is 10.2. The molecule has 1 fully saturated rings. The molecule has 1 aliphatic rings. The van der Waals surface area contributed by atoms with Crippen LogP contribution >= 0.6 is 12.4 Å². The van der Waals surface area contributed by atoms with E-state index in [1.54, 1.807) is 17.0 Å². The van der Waals surface area contributed by atoms with Crippen LogP contribution in [-0.4, -0.2) is 60.8 Å². The Labute approximate surface area is 148 Å². The standard InChI is InChI=1S/C16H23N3O4.ClH/c1-16(2,3)23-15(21)19-10-8-18(9-11-19)13-7-5-6-12(17-13)14(20)22-4;/h5-7H,8-11H2,1-4H3;1H. The first-order valence-corrected chi connectivity index (χ1v) is 7.58. The summed E-state index contributed by atoms with van der Waals surface area (Å²) < 4.78 is 10.1. The van der Waals surface area contributed by atoms with Gasteiger partial charge in [0.15, 0.2) is 5.69 Å². The Balaban J connectivity index is 0.00000288. The average molecular weight is 358 g/mol. The first-order chi connectivity index (χ1) is 10.8. The minimum absolute atomic E-state index is 0. The van der Waals surface area contributed by atoms with Crippen LogP contribution in [0.1, 0.15) is 31.3 Å². The summed E-state index contributed by atoms with van der Waals surface area (Å²) in [6.07, 6.45) is -0.298. The van der Waals surface area contributed by atoms with E-state index in [1.165, 1.54) is 7.11 Å². The second-order valence-corrected chi connectivity index (χ2v) is 6.33. The van der Waals surface area contributed by atoms with Crippen molar-refractivity contribution in [3.05, 3.63) is 23.9 Å². The van der Waals surface area contributed by atoms with E-state index in [-0.39, 0.29) is 24.2 Å². The number of piperazine rings is 1. The predicted molar refractivity (Wildman–Crippen MR) is 92.8 cm³/mol. The molecule has 1 aliphatic heterocycles. The molecule has 8 heteroatoms. The molecule has 1 aromatic heterocycles. The molecule has 24 heavy (non-hydrogen) atoms. The van der Waals surface area contributed by atoms with Crippen LogP contribution in [0.2, 0.25) is 0 Å². The SMILES string of the molecule is COC(=O)c1cccc(N2CCN(C(=O)OC(C)(C)C)CC2)n1.Cl. The van der Waals surface area contributed by atoms with Gasteiger partial charge in [0.25, 0.3) is 0 Å². The highest BCUT2D eigenvalue weighted by Crippen LogP contribution is 2.16. The highest BCUT2D eigenvalue weighted by Gasteiger charge is 2.26. The maximum absolute atomic E-state index is 12.0. The first kappa shape index (κ1) is 20.0. The van der Waals surface area contributed by atoms with Crippen LogP contribution in [0.3, 0.4) is 0 Å². The third kappa shape index (κ3) is 5.26. The summed E-state index contributed by atoms with van der Waals surface area (Å²) in [7, 11) is 1.33. The maximum Gasteiger partial charge on any atom is 0.410 e. The van der Waals surface area contributed by atoms with Crippen LogP contribution in [0.4, 0.5) is 10.6 Å². The molecule has 0 unspecified atom stereocenters. The van der Waals surface area contributed by atoms with Gasteiger partial charge in [0, 0.05) is 26.2 Å². The molecule has 0 bridgehead atoms. The van der Waals surface area contributed by atoms with Gasteiger partial charge in [0.2, 0.25) is 0 Å². The molecule has 2 rings (SSSR count). The summed E-state index contributed by atoms with van der Waals surface area (Å²) >= 11 is 0. The van der Waals surface area contributed by atoms with E-state index in [1.807, 2.05) is 31.7 Å². The Bertz CT molecular complexity index is 581. The van der Waals surface area contributed by atoms with Crippen molar-refractivity contribution in [1.29, 1.82) is 0 Å². The Kier molecular flexibility index (Phi) is 6.83. The van der Waals surface area contributed by atoms with E-state index in [9.17, 15) is 9.59 Å². The number of pyridine rings is 1. The van der Waals surface area contributed by atoms with Gasteiger partial charge in [-0.15, -0.1) is 12.4 Å². The van der Waals surface area contributed by atoms with Crippen molar-refractivity contribution in [2.45, 2.75) is 26.4 Å². The number of methoxy groups -OCH3 is 1. The molecule has 0 aliphatic carbocycles. The molecule has 1 saturated heterocycles. The molecular weight excluding hydrogens is 334 g/mol. The summed E-state index contributed by atoms with van der Waals surface area (Å²) in [5, 5.41) is 0. The fraction of sp³-hybridized carbons (Fsp3) is 0.562. The third-order valence-electron chi connectivity index (χ3n) is 3.38. The molecule has 7 nitrogen and oxygen atoms in total. The fourth-order valence-electron chi connectivity index (χ4n) is 2.26. The zero-order valence-corrected chi connectivity index (χ0v) is 15.3. The number of aromatic nitrogens is 1. The van der Waals surface area contributed by atoms with Gasteiger partial charge in [-0.25, -0.2) is 14.6 Å². The minimum Gasteiger partial charge on any atom is -0.464 e. The molecule has 1 aromatic rings. The quantitative estimate of drug-likeness (QED) is 0.756. The molecule has 0 atom stereocenters. The molecule has 0 aromatic carbocycles. The molecule has 0 N–H and O–H groups in total. The van der Waals surface area contributed by atoms with E-state index in [2.05, 4.69) is 9.72 Å². The number of nitrogens with zero attached hydrogens (tertiary/aromatic N) is 3. The van der Waals surface area contributed by atoms with Gasteiger partial charge in [-0.3, -0.25) is 0 Å². The second kappa shape index (κ2) is 8.19. The number of rotatable bonds is 2. The van der Waals surface area contributed by atoms with Crippen molar-refractivity contribution in [3.63, 3.8) is 0 Å². The zero-order chi connectivity index (χ0) is 17.0. The van der Waals surface area contributed by atoms with Gasteiger partial charge < -0.3 is 19.3 Å². The largest absolute Gasteiger partial charge is 0.464 e. The minimum atomic E-state index is -0.495. The van der Waals surface area contributed by atoms with Crippen molar-refractivity contribution >= 4 is 30.3 Å². The number of esters is 1. The lowest BCUT2D eigenvalue weighted by Crippen LogP contribution is -2.50. The molecule has 2 heterocycles. The second-order valence-electron chi connectivity index (χ2n) is 6.33. The average Bonchev–Trinajstić information content (AvgIpc) is 2.53. The number of amides is 1. The number of carbonyl (C=O) groups excluding carboxylic acids is 2. The normalized spacial score (nSPS) is 14.7. The van der Waals surface area contributed by atoms with Crippen LogP contribution in [0.25, 0.3) is 0 Å². The molecule has 1 amide bonds. The predicted octanol–water partition coefficient (Wildman–Crippen LogP) is 2.35. The van der Waals surface area contributed by atoms with Crippen molar-refractivity contribution in [2.75, 3.05) is 38.2 Å². The number of carbonyl (C=O) groups is 2. The molecule has 0 saturated carbocycles. The van der Waals surface area contributed by atoms with E-state index in [4.69, 9.17) is 4.74 Å². The van der Waals surface area contributed by atoms with Crippen molar-refractivity contribution in [2.24, 2.45) is 0 Å². The smallest absolute Gasteiger partial charge is 0.410 e. The topological polar surface area (TPSA) is 72.0 Å². The Morgan fingerprint density at radius 1 is 1.12 bits per heavy atom. The van der Waals surface area contributed by atoms with Crippen molar-refractivity contribution in [1.82, 2.24) is 9.88 Å². The van der Waals surface area contributed by atoms with Gasteiger partial charge >= 0.3 is 12.1 Å². The lowest BCUT2D eigenvalue weighted by molar-refractivity contribution is 0.0240. The number of anilines is 1. The van der Waals surface area contributed by atoms with E-state index >= 15 is 0 Å². The summed E-state index contributed by atoms with van der Waals surface area (Å²) in [5.74, 6) is 0.246. The Morgan fingerprint density at radius 3 is 2.29 bits per heavy atom. The van der Waals surface area contributed by atoms with E-state index < -0.39 is 11.6 Å². The van der Waals surface area contributed by atoms with Crippen LogP contribution in [0, 0.1) is 0 Å². The van der Waals surface area contributed by atoms with Gasteiger partial charge in [-0.1, -0.05) is 6.07 Å². The van der Waals surface area contributed by atoms with E-state index in [0.29, 0.717) is 32.0 Å². The summed E-state index contributed by atoms with van der Waals surface area (Å²) in [5.41, 5.74) is -0.218. The van der Waals surface area contributed by atoms with Gasteiger partial charge in [0.1, 0.15) is 11.4 Å². The maximum atomic E-state index is 12.0. The molecule has 0 radical (unpaired) electrons. The van der Waals surface area contributed by atoms with Crippen LogP contribution < -0.4 is 4.90 Å². The molecular formula is C16H24ClN3O4. The van der Waals surface area contributed by atoms with Gasteiger partial charge in [0.05, 0.1) is 7.11 Å². The highest BCUT2D eigenvalue weighted by atomic mass is 35.5. The van der Waals surface area contributed by atoms with Crippen LogP contribution in [-0.2, 0) is 9.47 Å². The van der Waals surface area contributed by atoms with Crippen molar-refractivity contribution in [3.8, 4) is 0 Å². The number of hydrogen-bond acceptors (Lipinski definition) is 6. The van der Waals surface area contributed by atoms with E-state index in [0.717, 1.165) is 0 Å². The highest BCUT2D eigenvalue weighted by molar-refractivity contribution is 5.87. The van der Waals surface area contributed by atoms with Gasteiger partial charge in [-0.2, -0.15) is 0 Å². The Hall–Kier alpha value is -2.02. The zero-order valence-electron chi connectivity index (χ0n) is 14.4. The number of hydrogen-bond donors (Lipinski definition) is 0. The number of ether oxygens (including phenoxy) is 2. The number of halogens is 1. The lowest BCUT2D eigenvalue weighted by Gasteiger charge is -2.36. The Morgan fingerprint density at radius 2 is 1.75 bits per heavy atom. The molecule has 0 spiro atoms. The van der Waals surface area contributed by atoms with Crippen molar-refractivity contribution < 1.29 is 19.1 Å². The van der Waals surface area contributed by atoms with Crippen LogP contribution in [0.5, 0.6) is 0 Å². The summed E-state index contributed by atoms with van der Waals surface area (Å²) in [4.78, 5) is 31.6. The molecule has 134 valence electrons. The first-order valence-electron chi connectivity index (χ1n) is 7.58. The van der Waals surface area contributed by atoms with Crippen LogP contribution in [0.15, 0.2) is 18.2 Å². The summed E-state index contributed by atoms with van der Waals surface area (Å²) in [6, 6.07) is 5.23. The van der Waals surface area contributed by atoms with Gasteiger partial charge in [-0.05, 0) is 32.9 Å². The third-order valence-corrected chi connectivity index (χ3v) is 3.38.